The fraction of sp³-hybridized carbons (Fsp3) is 0.231. The molecule has 0 aliphatic carbocycles. The fourth-order valence-electron chi connectivity index (χ4n) is 1.81. The van der Waals surface area contributed by atoms with Gasteiger partial charge in [-0.05, 0) is 24.1 Å². The van der Waals surface area contributed by atoms with E-state index in [2.05, 4.69) is 9.71 Å². The second-order valence-corrected chi connectivity index (χ2v) is 6.77. The molecule has 0 saturated carbocycles. The van der Waals surface area contributed by atoms with Crippen LogP contribution in [0.4, 0.5) is 0 Å². The molecule has 1 aromatic carbocycles. The Labute approximate surface area is 126 Å². The number of carbonyl (C=O) groups is 1. The van der Waals surface area contributed by atoms with E-state index in [9.17, 15) is 13.2 Å². The molecule has 112 valence electrons. The molecule has 0 radical (unpaired) electrons. The maximum absolute atomic E-state index is 12.2. The first-order valence-corrected chi connectivity index (χ1v) is 8.59. The van der Waals surface area contributed by atoms with Crippen LogP contribution in [0.5, 0.6) is 0 Å². The molecule has 1 heterocycles. The van der Waals surface area contributed by atoms with Crippen molar-refractivity contribution in [1.29, 1.82) is 0 Å². The zero-order valence-corrected chi connectivity index (χ0v) is 12.9. The maximum Gasteiger partial charge on any atom is 0.336 e. The Bertz CT molecular complexity index is 740. The number of carboxylic acid groups (broad SMARTS) is 1. The first-order chi connectivity index (χ1) is 9.94. The van der Waals surface area contributed by atoms with E-state index in [0.717, 1.165) is 0 Å². The number of aryl methyl sites for hydroxylation is 1. The number of hydrogen-bond acceptors (Lipinski definition) is 5. The van der Waals surface area contributed by atoms with Gasteiger partial charge in [0.05, 0.1) is 28.2 Å². The molecule has 1 aromatic heterocycles. The van der Waals surface area contributed by atoms with Gasteiger partial charge < -0.3 is 5.11 Å². The summed E-state index contributed by atoms with van der Waals surface area (Å²) >= 11 is 1.37. The van der Waals surface area contributed by atoms with E-state index in [-0.39, 0.29) is 17.0 Å². The summed E-state index contributed by atoms with van der Waals surface area (Å²) < 4.78 is 26.8. The van der Waals surface area contributed by atoms with Crippen LogP contribution in [0.1, 0.15) is 28.5 Å². The lowest BCUT2D eigenvalue weighted by Crippen LogP contribution is -2.23. The van der Waals surface area contributed by atoms with Crippen molar-refractivity contribution in [3.63, 3.8) is 0 Å². The molecule has 0 unspecified atom stereocenters. The minimum atomic E-state index is -3.77. The quantitative estimate of drug-likeness (QED) is 0.845. The largest absolute Gasteiger partial charge is 0.478 e. The van der Waals surface area contributed by atoms with Gasteiger partial charge in [-0.1, -0.05) is 13.0 Å². The zero-order valence-electron chi connectivity index (χ0n) is 11.2. The predicted octanol–water partition coefficient (Wildman–Crippen LogP) is 1.88. The Hall–Kier alpha value is -1.77. The van der Waals surface area contributed by atoms with Crippen LogP contribution in [0.2, 0.25) is 0 Å². The van der Waals surface area contributed by atoms with Crippen molar-refractivity contribution in [2.75, 3.05) is 0 Å². The van der Waals surface area contributed by atoms with Crippen LogP contribution in [-0.4, -0.2) is 24.5 Å². The molecule has 6 nitrogen and oxygen atoms in total. The standard InChI is InChI=1S/C13H14N2O4S2/c1-2-9-3-4-11(5-12(9)13(16)17)21(18,19)15-6-10-7-20-8-14-10/h3-5,7-8,15H,2,6H2,1H3,(H,16,17). The van der Waals surface area contributed by atoms with Crippen LogP contribution in [0, 0.1) is 0 Å². The second kappa shape index (κ2) is 6.33. The SMILES string of the molecule is CCc1ccc(S(=O)(=O)NCc2cscn2)cc1C(=O)O. The Morgan fingerprint density at radius 1 is 1.43 bits per heavy atom. The summed E-state index contributed by atoms with van der Waals surface area (Å²) in [6.07, 6.45) is 0.522. The topological polar surface area (TPSA) is 96.4 Å². The molecular weight excluding hydrogens is 312 g/mol. The summed E-state index contributed by atoms with van der Waals surface area (Å²) in [7, 11) is -3.77. The fourth-order valence-corrected chi connectivity index (χ4v) is 3.39. The van der Waals surface area contributed by atoms with Crippen LogP contribution < -0.4 is 4.72 Å². The number of hydrogen-bond donors (Lipinski definition) is 2. The van der Waals surface area contributed by atoms with Crippen molar-refractivity contribution < 1.29 is 18.3 Å². The maximum atomic E-state index is 12.2. The van der Waals surface area contributed by atoms with Gasteiger partial charge in [-0.25, -0.2) is 22.9 Å². The smallest absolute Gasteiger partial charge is 0.336 e. The summed E-state index contributed by atoms with van der Waals surface area (Å²) in [4.78, 5) is 15.1. The number of benzene rings is 1. The van der Waals surface area contributed by atoms with Crippen molar-refractivity contribution in [3.8, 4) is 0 Å². The van der Waals surface area contributed by atoms with E-state index in [4.69, 9.17) is 5.11 Å². The van der Waals surface area contributed by atoms with Gasteiger partial charge in [-0.2, -0.15) is 0 Å². The van der Waals surface area contributed by atoms with E-state index in [0.29, 0.717) is 17.7 Å². The molecule has 0 aliphatic heterocycles. The molecule has 0 saturated heterocycles. The van der Waals surface area contributed by atoms with Crippen molar-refractivity contribution in [1.82, 2.24) is 9.71 Å². The lowest BCUT2D eigenvalue weighted by atomic mass is 10.1. The monoisotopic (exact) mass is 326 g/mol. The molecular formula is C13H14N2O4S2. The minimum absolute atomic E-state index is 0.00836. The van der Waals surface area contributed by atoms with E-state index in [1.54, 1.807) is 10.9 Å². The average Bonchev–Trinajstić information content (AvgIpc) is 2.97. The van der Waals surface area contributed by atoms with Crippen molar-refractivity contribution >= 4 is 27.3 Å². The average molecular weight is 326 g/mol. The van der Waals surface area contributed by atoms with E-state index in [1.807, 2.05) is 6.92 Å². The van der Waals surface area contributed by atoms with Crippen molar-refractivity contribution in [2.24, 2.45) is 0 Å². The molecule has 0 bridgehead atoms. The number of aromatic nitrogens is 1. The number of carboxylic acids is 1. The van der Waals surface area contributed by atoms with E-state index >= 15 is 0 Å². The normalized spacial score (nSPS) is 11.5. The third-order valence-electron chi connectivity index (χ3n) is 2.93. The van der Waals surface area contributed by atoms with Crippen molar-refractivity contribution in [2.45, 2.75) is 24.8 Å². The summed E-state index contributed by atoms with van der Waals surface area (Å²) in [5, 5.41) is 10.9. The van der Waals surface area contributed by atoms with Crippen LogP contribution in [0.25, 0.3) is 0 Å². The number of aromatic carboxylic acids is 1. The molecule has 0 aliphatic rings. The zero-order chi connectivity index (χ0) is 15.5. The number of sulfonamides is 1. The Kier molecular flexibility index (Phi) is 4.71. The van der Waals surface area contributed by atoms with Gasteiger partial charge in [-0.15, -0.1) is 11.3 Å². The Morgan fingerprint density at radius 2 is 2.19 bits per heavy atom. The van der Waals surface area contributed by atoms with Crippen LogP contribution in [-0.2, 0) is 23.0 Å². The molecule has 0 fully saturated rings. The number of rotatable bonds is 6. The summed E-state index contributed by atoms with van der Waals surface area (Å²) in [6, 6.07) is 4.13. The van der Waals surface area contributed by atoms with Gasteiger partial charge in [0, 0.05) is 5.38 Å². The molecule has 0 atom stereocenters. The van der Waals surface area contributed by atoms with Crippen molar-refractivity contribution in [3.05, 3.63) is 45.9 Å². The second-order valence-electron chi connectivity index (χ2n) is 4.28. The van der Waals surface area contributed by atoms with E-state index in [1.165, 1.54) is 29.5 Å². The first kappa shape index (κ1) is 15.6. The number of thiazole rings is 1. The number of nitrogens with one attached hydrogen (secondary N) is 1. The van der Waals surface area contributed by atoms with Gasteiger partial charge in [0.25, 0.3) is 0 Å². The third-order valence-corrected chi connectivity index (χ3v) is 4.96. The van der Waals surface area contributed by atoms with E-state index < -0.39 is 16.0 Å². The van der Waals surface area contributed by atoms with Crippen LogP contribution >= 0.6 is 11.3 Å². The highest BCUT2D eigenvalue weighted by atomic mass is 32.2. The molecule has 2 rings (SSSR count). The lowest BCUT2D eigenvalue weighted by Gasteiger charge is -2.09. The summed E-state index contributed by atoms with van der Waals surface area (Å²) in [6.45, 7) is 1.89. The van der Waals surface area contributed by atoms with Gasteiger partial charge in [-0.3, -0.25) is 0 Å². The van der Waals surface area contributed by atoms with Crippen LogP contribution in [0.15, 0.2) is 34.0 Å². The molecule has 21 heavy (non-hydrogen) atoms. The molecule has 2 aromatic rings. The highest BCUT2D eigenvalue weighted by Crippen LogP contribution is 2.17. The highest BCUT2D eigenvalue weighted by molar-refractivity contribution is 7.89. The summed E-state index contributed by atoms with van der Waals surface area (Å²) in [5.74, 6) is -1.14. The first-order valence-electron chi connectivity index (χ1n) is 6.17. The number of nitrogens with zero attached hydrogens (tertiary/aromatic N) is 1. The van der Waals surface area contributed by atoms with Gasteiger partial charge in [0.15, 0.2) is 0 Å². The van der Waals surface area contributed by atoms with Gasteiger partial charge >= 0.3 is 5.97 Å². The van der Waals surface area contributed by atoms with Gasteiger partial charge in [0.2, 0.25) is 10.0 Å². The highest BCUT2D eigenvalue weighted by Gasteiger charge is 2.18. The Morgan fingerprint density at radius 3 is 2.76 bits per heavy atom. The lowest BCUT2D eigenvalue weighted by molar-refractivity contribution is 0.0695. The van der Waals surface area contributed by atoms with Gasteiger partial charge in [0.1, 0.15) is 0 Å². The Balaban J connectivity index is 2.27. The minimum Gasteiger partial charge on any atom is -0.478 e. The molecule has 2 N–H and O–H groups in total. The molecule has 0 amide bonds. The molecule has 8 heteroatoms. The summed E-state index contributed by atoms with van der Waals surface area (Å²) in [5.41, 5.74) is 2.84. The third kappa shape index (κ3) is 3.66. The predicted molar refractivity (Wildman–Crippen MR) is 78.9 cm³/mol. The van der Waals surface area contributed by atoms with Crippen LogP contribution in [0.3, 0.4) is 0 Å². The molecule has 0 spiro atoms.